The second kappa shape index (κ2) is 6.20. The summed E-state index contributed by atoms with van der Waals surface area (Å²) in [6, 6.07) is 14.3. The maximum atomic E-state index is 12.9. The molecule has 2 aromatic carbocycles. The number of carbonyl (C=O) groups is 1. The van der Waals surface area contributed by atoms with Crippen LogP contribution in [-0.2, 0) is 4.79 Å². The van der Waals surface area contributed by atoms with Crippen molar-refractivity contribution in [3.63, 3.8) is 0 Å². The van der Waals surface area contributed by atoms with Gasteiger partial charge >= 0.3 is 5.97 Å². The van der Waals surface area contributed by atoms with Gasteiger partial charge in [-0.15, -0.1) is 0 Å². The SMILES string of the molecule is Cc1oc2cc(OC(=O)C(C)(C)C)ccc2c(=O)c1-c1ccccc1. The highest BCUT2D eigenvalue weighted by atomic mass is 16.5. The first-order valence-corrected chi connectivity index (χ1v) is 8.12. The van der Waals surface area contributed by atoms with Crippen molar-refractivity contribution < 1.29 is 13.9 Å². The van der Waals surface area contributed by atoms with Crippen LogP contribution < -0.4 is 10.2 Å². The van der Waals surface area contributed by atoms with E-state index in [2.05, 4.69) is 0 Å². The summed E-state index contributed by atoms with van der Waals surface area (Å²) >= 11 is 0. The Morgan fingerprint density at radius 3 is 2.36 bits per heavy atom. The molecule has 0 amide bonds. The van der Waals surface area contributed by atoms with Gasteiger partial charge in [-0.05, 0) is 45.4 Å². The van der Waals surface area contributed by atoms with Gasteiger partial charge in [0.25, 0.3) is 0 Å². The van der Waals surface area contributed by atoms with Gasteiger partial charge in [-0.1, -0.05) is 30.3 Å². The summed E-state index contributed by atoms with van der Waals surface area (Å²) in [5.74, 6) is 0.553. The number of ether oxygens (including phenoxy) is 1. The van der Waals surface area contributed by atoms with Gasteiger partial charge in [0.2, 0.25) is 5.43 Å². The number of hydrogen-bond donors (Lipinski definition) is 0. The molecule has 0 saturated carbocycles. The van der Waals surface area contributed by atoms with E-state index in [1.54, 1.807) is 45.9 Å². The molecule has 0 saturated heterocycles. The Bertz CT molecular complexity index is 992. The number of benzene rings is 2. The molecule has 0 fully saturated rings. The van der Waals surface area contributed by atoms with Crippen molar-refractivity contribution in [2.24, 2.45) is 5.41 Å². The van der Waals surface area contributed by atoms with Gasteiger partial charge in [0.1, 0.15) is 17.1 Å². The maximum Gasteiger partial charge on any atom is 0.316 e. The number of esters is 1. The van der Waals surface area contributed by atoms with Gasteiger partial charge in [0.05, 0.1) is 16.4 Å². The summed E-state index contributed by atoms with van der Waals surface area (Å²) in [4.78, 5) is 24.9. The Labute approximate surface area is 146 Å². The lowest BCUT2D eigenvalue weighted by Gasteiger charge is -2.16. The zero-order valence-electron chi connectivity index (χ0n) is 14.8. The van der Waals surface area contributed by atoms with Crippen LogP contribution in [0.2, 0.25) is 0 Å². The first-order chi connectivity index (χ1) is 11.8. The van der Waals surface area contributed by atoms with Gasteiger partial charge in [-0.2, -0.15) is 0 Å². The standard InChI is InChI=1S/C21H20O4/c1-13-18(14-8-6-5-7-9-14)19(22)16-11-10-15(12-17(16)24-13)25-20(23)21(2,3)4/h5-12H,1-4H3. The fraction of sp³-hybridized carbons (Fsp3) is 0.238. The van der Waals surface area contributed by atoms with Crippen molar-refractivity contribution in [2.75, 3.05) is 0 Å². The number of rotatable bonds is 2. The molecule has 0 aliphatic rings. The summed E-state index contributed by atoms with van der Waals surface area (Å²) in [6.45, 7) is 7.11. The summed E-state index contributed by atoms with van der Waals surface area (Å²) < 4.78 is 11.2. The van der Waals surface area contributed by atoms with Crippen molar-refractivity contribution >= 4 is 16.9 Å². The molecule has 3 rings (SSSR count). The minimum atomic E-state index is -0.608. The fourth-order valence-electron chi connectivity index (χ4n) is 2.55. The zero-order chi connectivity index (χ0) is 18.2. The third-order valence-corrected chi connectivity index (χ3v) is 3.93. The Morgan fingerprint density at radius 2 is 1.72 bits per heavy atom. The molecular weight excluding hydrogens is 316 g/mol. The van der Waals surface area contributed by atoms with Crippen molar-refractivity contribution in [3.8, 4) is 16.9 Å². The molecule has 0 N–H and O–H groups in total. The maximum absolute atomic E-state index is 12.9. The number of hydrogen-bond acceptors (Lipinski definition) is 4. The molecule has 0 radical (unpaired) electrons. The van der Waals surface area contributed by atoms with Gasteiger partial charge in [-0.3, -0.25) is 9.59 Å². The summed E-state index contributed by atoms with van der Waals surface area (Å²) in [7, 11) is 0. The summed E-state index contributed by atoms with van der Waals surface area (Å²) in [5.41, 5.74) is 1.06. The molecule has 4 nitrogen and oxygen atoms in total. The molecule has 25 heavy (non-hydrogen) atoms. The Kier molecular flexibility index (Phi) is 4.21. The summed E-state index contributed by atoms with van der Waals surface area (Å²) in [5, 5.41) is 0.458. The average Bonchev–Trinajstić information content (AvgIpc) is 2.54. The zero-order valence-corrected chi connectivity index (χ0v) is 14.8. The number of aryl methyl sites for hydroxylation is 1. The van der Waals surface area contributed by atoms with E-state index in [-0.39, 0.29) is 11.4 Å². The fourth-order valence-corrected chi connectivity index (χ4v) is 2.55. The molecule has 3 aromatic rings. The van der Waals surface area contributed by atoms with Crippen LogP contribution in [0.3, 0.4) is 0 Å². The minimum absolute atomic E-state index is 0.0985. The van der Waals surface area contributed by atoms with E-state index in [0.717, 1.165) is 5.56 Å². The van der Waals surface area contributed by atoms with E-state index >= 15 is 0 Å². The normalized spacial score (nSPS) is 11.5. The first kappa shape index (κ1) is 17.0. The van der Waals surface area contributed by atoms with Gasteiger partial charge < -0.3 is 9.15 Å². The molecule has 0 atom stereocenters. The smallest absolute Gasteiger partial charge is 0.316 e. The molecule has 0 unspecified atom stereocenters. The van der Waals surface area contributed by atoms with Crippen LogP contribution in [0.1, 0.15) is 26.5 Å². The number of fused-ring (bicyclic) bond motifs is 1. The molecule has 0 bridgehead atoms. The van der Waals surface area contributed by atoms with E-state index in [1.165, 1.54) is 0 Å². The summed E-state index contributed by atoms with van der Waals surface area (Å²) in [6.07, 6.45) is 0. The highest BCUT2D eigenvalue weighted by Gasteiger charge is 2.24. The average molecular weight is 336 g/mol. The second-order valence-electron chi connectivity index (χ2n) is 7.03. The van der Waals surface area contributed by atoms with Crippen molar-refractivity contribution in [1.82, 2.24) is 0 Å². The minimum Gasteiger partial charge on any atom is -0.460 e. The van der Waals surface area contributed by atoms with Crippen molar-refractivity contribution in [2.45, 2.75) is 27.7 Å². The van der Waals surface area contributed by atoms with E-state index in [0.29, 0.717) is 28.0 Å². The lowest BCUT2D eigenvalue weighted by Crippen LogP contribution is -2.25. The third-order valence-electron chi connectivity index (χ3n) is 3.93. The first-order valence-electron chi connectivity index (χ1n) is 8.12. The van der Waals surface area contributed by atoms with Crippen LogP contribution >= 0.6 is 0 Å². The second-order valence-corrected chi connectivity index (χ2v) is 7.03. The molecule has 0 aliphatic heterocycles. The van der Waals surface area contributed by atoms with Crippen LogP contribution in [0.25, 0.3) is 22.1 Å². The van der Waals surface area contributed by atoms with Crippen LogP contribution in [0.5, 0.6) is 5.75 Å². The molecule has 1 aromatic heterocycles. The van der Waals surface area contributed by atoms with Crippen molar-refractivity contribution in [1.29, 1.82) is 0 Å². The van der Waals surface area contributed by atoms with Gasteiger partial charge in [0.15, 0.2) is 0 Å². The highest BCUT2D eigenvalue weighted by Crippen LogP contribution is 2.27. The van der Waals surface area contributed by atoms with Crippen LogP contribution in [-0.4, -0.2) is 5.97 Å². The molecule has 128 valence electrons. The predicted molar refractivity (Wildman–Crippen MR) is 97.7 cm³/mol. The lowest BCUT2D eigenvalue weighted by atomic mass is 9.97. The van der Waals surface area contributed by atoms with Gasteiger partial charge in [-0.25, -0.2) is 0 Å². The van der Waals surface area contributed by atoms with E-state index in [1.807, 2.05) is 30.3 Å². The Hall–Kier alpha value is -2.88. The highest BCUT2D eigenvalue weighted by molar-refractivity contribution is 5.85. The van der Waals surface area contributed by atoms with E-state index in [4.69, 9.17) is 9.15 Å². The lowest BCUT2D eigenvalue weighted by molar-refractivity contribution is -0.142. The Morgan fingerprint density at radius 1 is 1.04 bits per heavy atom. The third kappa shape index (κ3) is 3.33. The monoisotopic (exact) mass is 336 g/mol. The van der Waals surface area contributed by atoms with Crippen LogP contribution in [0.4, 0.5) is 0 Å². The van der Waals surface area contributed by atoms with E-state index < -0.39 is 5.41 Å². The molecule has 0 aliphatic carbocycles. The quantitative estimate of drug-likeness (QED) is 0.502. The predicted octanol–water partition coefficient (Wildman–Crippen LogP) is 4.72. The van der Waals surface area contributed by atoms with Gasteiger partial charge in [0, 0.05) is 6.07 Å². The molecule has 1 heterocycles. The molecular formula is C21H20O4. The molecule has 0 spiro atoms. The largest absolute Gasteiger partial charge is 0.460 e. The van der Waals surface area contributed by atoms with Crippen molar-refractivity contribution in [3.05, 3.63) is 64.5 Å². The Balaban J connectivity index is 2.09. The van der Waals surface area contributed by atoms with E-state index in [9.17, 15) is 9.59 Å². The van der Waals surface area contributed by atoms with Crippen LogP contribution in [0.15, 0.2) is 57.7 Å². The number of carbonyl (C=O) groups excluding carboxylic acids is 1. The molecule has 4 heteroatoms. The topological polar surface area (TPSA) is 56.5 Å². The van der Waals surface area contributed by atoms with Crippen LogP contribution in [0, 0.1) is 12.3 Å².